The lowest BCUT2D eigenvalue weighted by Crippen LogP contribution is -2.15. The Kier molecular flexibility index (Phi) is 5.63. The van der Waals surface area contributed by atoms with Gasteiger partial charge in [-0.25, -0.2) is 0 Å². The van der Waals surface area contributed by atoms with Crippen molar-refractivity contribution in [2.45, 2.75) is 44.7 Å². The van der Waals surface area contributed by atoms with Crippen LogP contribution in [-0.4, -0.2) is 25.8 Å². The fourth-order valence-corrected chi connectivity index (χ4v) is 4.18. The average Bonchev–Trinajstić information content (AvgIpc) is 3.45. The summed E-state index contributed by atoms with van der Waals surface area (Å²) in [7, 11) is 0. The molecule has 0 saturated heterocycles. The van der Waals surface area contributed by atoms with Crippen LogP contribution in [0.25, 0.3) is 11.5 Å². The van der Waals surface area contributed by atoms with E-state index in [1.165, 1.54) is 11.8 Å². The number of nitrogens with zero attached hydrogens (tertiary/aromatic N) is 3. The Morgan fingerprint density at radius 1 is 1.13 bits per heavy atom. The number of benzene rings is 1. The zero-order chi connectivity index (χ0) is 21.3. The summed E-state index contributed by atoms with van der Waals surface area (Å²) in [6.07, 6.45) is 1.66. The predicted octanol–water partition coefficient (Wildman–Crippen LogP) is 5.47. The highest BCUT2D eigenvalue weighted by Gasteiger charge is 2.24. The van der Waals surface area contributed by atoms with Gasteiger partial charge in [-0.1, -0.05) is 29.5 Å². The molecule has 0 aliphatic heterocycles. The highest BCUT2D eigenvalue weighted by molar-refractivity contribution is 8.00. The van der Waals surface area contributed by atoms with Crippen molar-refractivity contribution in [1.29, 1.82) is 0 Å². The second-order valence-corrected chi connectivity index (χ2v) is 8.61. The molecule has 3 aromatic heterocycles. The van der Waals surface area contributed by atoms with Gasteiger partial charge in [0.1, 0.15) is 5.76 Å². The van der Waals surface area contributed by atoms with Crippen LogP contribution in [0.1, 0.15) is 40.0 Å². The minimum Gasteiger partial charge on any atom is -0.467 e. The van der Waals surface area contributed by atoms with E-state index in [1.807, 2.05) is 70.2 Å². The molecule has 3 heterocycles. The number of hydrogen-bond acceptors (Lipinski definition) is 6. The molecule has 0 aliphatic carbocycles. The topological polar surface area (TPSA) is 74.1 Å². The Hall–Kier alpha value is -3.06. The standard InChI is InChI=1S/C23H23N3O3S/c1-14-7-5-8-18(11-14)22-24-25-23(29-22)30-17(4)21(27)20-12-15(2)26(16(20)3)13-19-9-6-10-28-19/h5-12,17H,13H2,1-4H3/t17-/m1/s1. The van der Waals surface area contributed by atoms with E-state index in [-0.39, 0.29) is 11.0 Å². The molecule has 0 radical (unpaired) electrons. The molecule has 0 amide bonds. The molecule has 4 rings (SSSR count). The smallest absolute Gasteiger partial charge is 0.277 e. The summed E-state index contributed by atoms with van der Waals surface area (Å²) in [6.45, 7) is 8.43. The first-order chi connectivity index (χ1) is 14.4. The van der Waals surface area contributed by atoms with Gasteiger partial charge in [-0.2, -0.15) is 0 Å². The Morgan fingerprint density at radius 3 is 2.70 bits per heavy atom. The summed E-state index contributed by atoms with van der Waals surface area (Å²) in [5, 5.41) is 8.27. The van der Waals surface area contributed by atoms with Crippen molar-refractivity contribution in [3.8, 4) is 11.5 Å². The SMILES string of the molecule is Cc1cccc(-c2nnc(S[C@H](C)C(=O)c3cc(C)n(Cc4ccco4)c3C)o2)c1. The van der Waals surface area contributed by atoms with Crippen LogP contribution in [0.3, 0.4) is 0 Å². The maximum Gasteiger partial charge on any atom is 0.277 e. The van der Waals surface area contributed by atoms with Crippen LogP contribution < -0.4 is 0 Å². The van der Waals surface area contributed by atoms with Crippen LogP contribution in [0.2, 0.25) is 0 Å². The van der Waals surface area contributed by atoms with E-state index in [9.17, 15) is 4.79 Å². The van der Waals surface area contributed by atoms with Crippen LogP contribution in [0, 0.1) is 20.8 Å². The van der Waals surface area contributed by atoms with E-state index >= 15 is 0 Å². The molecule has 154 valence electrons. The van der Waals surface area contributed by atoms with Gasteiger partial charge < -0.3 is 13.4 Å². The van der Waals surface area contributed by atoms with Gasteiger partial charge in [-0.15, -0.1) is 10.2 Å². The molecule has 1 aromatic carbocycles. The summed E-state index contributed by atoms with van der Waals surface area (Å²) in [6, 6.07) is 13.6. The minimum atomic E-state index is -0.353. The van der Waals surface area contributed by atoms with Gasteiger partial charge in [0, 0.05) is 22.5 Å². The van der Waals surface area contributed by atoms with Gasteiger partial charge >= 0.3 is 0 Å². The Balaban J connectivity index is 1.49. The number of carbonyl (C=O) groups excluding carboxylic acids is 1. The first kappa shape index (κ1) is 20.2. The normalized spacial score (nSPS) is 12.3. The van der Waals surface area contributed by atoms with Gasteiger partial charge in [0.25, 0.3) is 5.22 Å². The largest absolute Gasteiger partial charge is 0.467 e. The fraction of sp³-hybridized carbons (Fsp3) is 0.261. The molecule has 0 bridgehead atoms. The lowest BCUT2D eigenvalue weighted by molar-refractivity contribution is 0.0993. The number of carbonyl (C=O) groups is 1. The van der Waals surface area contributed by atoms with Crippen molar-refractivity contribution >= 4 is 17.5 Å². The van der Waals surface area contributed by atoms with E-state index in [4.69, 9.17) is 8.83 Å². The third-order valence-corrected chi connectivity index (χ3v) is 5.99. The summed E-state index contributed by atoms with van der Waals surface area (Å²) in [5.41, 5.74) is 4.64. The van der Waals surface area contributed by atoms with Gasteiger partial charge in [-0.3, -0.25) is 4.79 Å². The molecule has 0 saturated carbocycles. The van der Waals surface area contributed by atoms with Crippen LogP contribution in [0.5, 0.6) is 0 Å². The Labute approximate surface area is 179 Å². The number of furan rings is 1. The van der Waals surface area contributed by atoms with Gasteiger partial charge in [-0.05, 0) is 58.0 Å². The number of hydrogen-bond donors (Lipinski definition) is 0. The third kappa shape index (κ3) is 4.11. The molecule has 0 fully saturated rings. The zero-order valence-corrected chi connectivity index (χ0v) is 18.2. The summed E-state index contributed by atoms with van der Waals surface area (Å²) in [4.78, 5) is 13.1. The number of thioether (sulfide) groups is 1. The molecule has 0 unspecified atom stereocenters. The second-order valence-electron chi connectivity index (χ2n) is 7.32. The molecule has 0 spiro atoms. The van der Waals surface area contributed by atoms with Gasteiger partial charge in [0.05, 0.1) is 18.1 Å². The highest BCUT2D eigenvalue weighted by atomic mass is 32.2. The van der Waals surface area contributed by atoms with Crippen molar-refractivity contribution in [2.75, 3.05) is 0 Å². The average molecular weight is 422 g/mol. The molecule has 4 aromatic rings. The summed E-state index contributed by atoms with van der Waals surface area (Å²) in [5.74, 6) is 1.35. The molecule has 1 atom stereocenters. The second kappa shape index (κ2) is 8.36. The number of rotatable bonds is 7. The van der Waals surface area contributed by atoms with Crippen LogP contribution in [0.15, 0.2) is 62.8 Å². The first-order valence-electron chi connectivity index (χ1n) is 9.73. The van der Waals surface area contributed by atoms with E-state index in [2.05, 4.69) is 14.8 Å². The van der Waals surface area contributed by atoms with Gasteiger partial charge in [0.15, 0.2) is 5.78 Å². The van der Waals surface area contributed by atoms with Crippen molar-refractivity contribution in [3.63, 3.8) is 0 Å². The molecular formula is C23H23N3O3S. The Bertz CT molecular complexity index is 1170. The van der Waals surface area contributed by atoms with Crippen molar-refractivity contribution in [1.82, 2.24) is 14.8 Å². The molecule has 6 nitrogen and oxygen atoms in total. The summed E-state index contributed by atoms with van der Waals surface area (Å²) >= 11 is 1.28. The number of ketones is 1. The fourth-order valence-electron chi connectivity index (χ4n) is 3.43. The zero-order valence-electron chi connectivity index (χ0n) is 17.4. The number of Topliss-reactive ketones (excluding diaryl/α,β-unsaturated/α-hetero) is 1. The molecule has 0 N–H and O–H groups in total. The lowest BCUT2D eigenvalue weighted by atomic mass is 10.1. The van der Waals surface area contributed by atoms with Gasteiger partial charge in [0.2, 0.25) is 5.89 Å². The predicted molar refractivity (Wildman–Crippen MR) is 116 cm³/mol. The third-order valence-electron chi connectivity index (χ3n) is 5.05. The minimum absolute atomic E-state index is 0.0362. The molecule has 0 aliphatic rings. The van der Waals surface area contributed by atoms with E-state index in [0.717, 1.165) is 28.3 Å². The molecule has 30 heavy (non-hydrogen) atoms. The maximum atomic E-state index is 13.1. The first-order valence-corrected chi connectivity index (χ1v) is 10.6. The van der Waals surface area contributed by atoms with Crippen molar-refractivity contribution in [2.24, 2.45) is 0 Å². The monoisotopic (exact) mass is 421 g/mol. The van der Waals surface area contributed by atoms with E-state index < -0.39 is 0 Å². The van der Waals surface area contributed by atoms with E-state index in [0.29, 0.717) is 23.2 Å². The van der Waals surface area contributed by atoms with Crippen LogP contribution in [0.4, 0.5) is 0 Å². The van der Waals surface area contributed by atoms with Crippen LogP contribution >= 0.6 is 11.8 Å². The van der Waals surface area contributed by atoms with Crippen molar-refractivity contribution in [3.05, 3.63) is 77.0 Å². The maximum absolute atomic E-state index is 13.1. The van der Waals surface area contributed by atoms with Crippen molar-refractivity contribution < 1.29 is 13.6 Å². The van der Waals surface area contributed by atoms with E-state index in [1.54, 1.807) is 6.26 Å². The number of aryl methyl sites for hydroxylation is 2. The summed E-state index contributed by atoms with van der Waals surface area (Å²) < 4.78 is 13.3. The number of aromatic nitrogens is 3. The molecule has 7 heteroatoms. The lowest BCUT2D eigenvalue weighted by Gasteiger charge is -2.10. The quantitative estimate of drug-likeness (QED) is 0.291. The van der Waals surface area contributed by atoms with Crippen LogP contribution in [-0.2, 0) is 6.54 Å². The molecular weight excluding hydrogens is 398 g/mol. The Morgan fingerprint density at radius 2 is 1.97 bits per heavy atom. The highest BCUT2D eigenvalue weighted by Crippen LogP contribution is 2.29.